The van der Waals surface area contributed by atoms with E-state index in [9.17, 15) is 0 Å². The second kappa shape index (κ2) is 20.7. The average Bonchev–Trinajstić information content (AvgIpc) is 2.57. The summed E-state index contributed by atoms with van der Waals surface area (Å²) in [4.78, 5) is 5.83. The average molecular weight is 677 g/mol. The Morgan fingerprint density at radius 3 is 1.03 bits per heavy atom. The third-order valence-electron chi connectivity index (χ3n) is 2.03. The number of diazo groups is 2. The third-order valence-corrected chi connectivity index (χ3v) is 3.14. The molecule has 0 unspecified atom stereocenters. The van der Waals surface area contributed by atoms with Gasteiger partial charge in [0.25, 0.3) is 0 Å². The van der Waals surface area contributed by atoms with Crippen LogP contribution in [0.25, 0.3) is 9.95 Å². The van der Waals surface area contributed by atoms with Gasteiger partial charge in [-0.25, -0.2) is 0 Å². The van der Waals surface area contributed by atoms with Crippen molar-refractivity contribution in [2.45, 2.75) is 0 Å². The summed E-state index contributed by atoms with van der Waals surface area (Å²) in [6.07, 6.45) is 0. The van der Waals surface area contributed by atoms with Crippen LogP contribution in [0.15, 0.2) is 36.4 Å². The van der Waals surface area contributed by atoms with Gasteiger partial charge in [0.05, 0.1) is 12.1 Å². The van der Waals surface area contributed by atoms with Crippen LogP contribution in [0.1, 0.15) is 1.43 Å². The van der Waals surface area contributed by atoms with Crippen molar-refractivity contribution < 1.29 is 80.8 Å². The number of hydrogen-bond acceptors (Lipinski definition) is 10. The van der Waals surface area contributed by atoms with E-state index in [0.29, 0.717) is 20.1 Å². The van der Waals surface area contributed by atoms with Gasteiger partial charge in [0, 0.05) is 30.8 Å². The Bertz CT molecular complexity index is 1060. The summed E-state index contributed by atoms with van der Waals surface area (Å²) in [6, 6.07) is 9.34. The van der Waals surface area contributed by atoms with Gasteiger partial charge in [-0.1, -0.05) is 46.4 Å². The second-order valence-electron chi connectivity index (χ2n) is 4.21. The Labute approximate surface area is 235 Å². The molecule has 0 fully saturated rings. The first kappa shape index (κ1) is 42.5. The first-order chi connectivity index (χ1) is 13.5. The standard InChI is InChI=1S/2C6H3Cl2N2.2ClH.2H2O4S.Zn/c2*7-4-1-2-5(8)6(3-4)10-9;;;2*1-5(2,3)4;/h2*1-3H;2*1H;2*(H2,1,2,3,4);/q2*+1;;;;;+2/p-5. The van der Waals surface area contributed by atoms with E-state index in [1.807, 2.05) is 0 Å². The van der Waals surface area contributed by atoms with Gasteiger partial charge in [0.15, 0.2) is 9.95 Å². The van der Waals surface area contributed by atoms with E-state index in [1.54, 1.807) is 24.3 Å². The molecule has 0 spiro atoms. The Kier molecular flexibility index (Phi) is 26.7. The van der Waals surface area contributed by atoms with Crippen molar-refractivity contribution in [2.75, 3.05) is 0 Å². The maximum atomic E-state index is 8.52. The fraction of sp³-hybridized carbons (Fsp3) is 0. The zero-order chi connectivity index (χ0) is 24.1. The Balaban J connectivity index is -0.0000000776. The summed E-state index contributed by atoms with van der Waals surface area (Å²) in [5.41, 5.74) is 0.573. The van der Waals surface area contributed by atoms with Crippen LogP contribution in [0.2, 0.25) is 20.1 Å². The minimum absolute atomic E-state index is 0. The molecule has 0 atom stereocenters. The van der Waals surface area contributed by atoms with E-state index < -0.39 is 20.8 Å². The summed E-state index contributed by atoms with van der Waals surface area (Å²) in [6.45, 7) is 0. The molecule has 0 aromatic heterocycles. The smallest absolute Gasteiger partial charge is 1.00 e. The van der Waals surface area contributed by atoms with E-state index >= 15 is 0 Å². The van der Waals surface area contributed by atoms with E-state index in [0.717, 1.165) is 0 Å². The molecule has 0 heterocycles. The quantitative estimate of drug-likeness (QED) is 0.135. The minimum atomic E-state index is -5.17. The minimum Gasteiger partial charge on any atom is -1.00 e. The summed E-state index contributed by atoms with van der Waals surface area (Å²) >= 11 is 22.3. The van der Waals surface area contributed by atoms with Gasteiger partial charge < -0.3 is 43.0 Å². The Hall–Kier alpha value is -0.617. The van der Waals surface area contributed by atoms with Gasteiger partial charge in [-0.15, -0.1) is 0 Å². The molecule has 12 nitrogen and oxygen atoms in total. The molecule has 33 heavy (non-hydrogen) atoms. The monoisotopic (exact) mass is 673 g/mol. The van der Waals surface area contributed by atoms with Crippen LogP contribution >= 0.6 is 46.4 Å². The van der Waals surface area contributed by atoms with Gasteiger partial charge in [0.1, 0.15) is 10.0 Å². The molecule has 21 heteroatoms. The van der Waals surface area contributed by atoms with Crippen molar-refractivity contribution in [2.24, 2.45) is 0 Å². The molecule has 0 N–H and O–H groups in total. The second-order valence-corrected chi connectivity index (χ2v) is 7.53. The van der Waals surface area contributed by atoms with Gasteiger partial charge in [-0.2, -0.15) is 0 Å². The largest absolute Gasteiger partial charge is 2.00 e. The molecule has 180 valence electrons. The maximum Gasteiger partial charge on any atom is 2.00 e. The van der Waals surface area contributed by atoms with Crippen LogP contribution in [-0.2, 0) is 40.3 Å². The van der Waals surface area contributed by atoms with Crippen LogP contribution < -0.4 is 24.8 Å². The Morgan fingerprint density at radius 1 is 0.667 bits per heavy atom. The third kappa shape index (κ3) is 31.4. The van der Waals surface area contributed by atoms with Crippen molar-refractivity contribution in [3.05, 3.63) is 66.4 Å². The molecule has 0 radical (unpaired) electrons. The van der Waals surface area contributed by atoms with Gasteiger partial charge in [0.2, 0.25) is 10.8 Å². The summed E-state index contributed by atoms with van der Waals surface area (Å²) < 4.78 is 68.2. The molecule has 0 aliphatic heterocycles. The number of nitrogens with zero attached hydrogens (tertiary/aromatic N) is 4. The fourth-order valence-electron chi connectivity index (χ4n) is 1.12. The van der Waals surface area contributed by atoms with Crippen molar-refractivity contribution in [3.63, 3.8) is 0 Å². The van der Waals surface area contributed by atoms with Crippen molar-refractivity contribution in [3.8, 4) is 0 Å². The molecule has 0 bridgehead atoms. The van der Waals surface area contributed by atoms with E-state index in [1.165, 1.54) is 12.1 Å². The van der Waals surface area contributed by atoms with Crippen LogP contribution in [0.4, 0.5) is 11.4 Å². The van der Waals surface area contributed by atoms with E-state index in [2.05, 4.69) is 9.95 Å². The predicted octanol–water partition coefficient (Wildman–Crippen LogP) is -1.60. The Morgan fingerprint density at radius 2 is 0.879 bits per heavy atom. The maximum absolute atomic E-state index is 8.52. The number of rotatable bonds is 0. The molecule has 2 aromatic carbocycles. The first-order valence-electron chi connectivity index (χ1n) is 6.41. The number of benzene rings is 2. The van der Waals surface area contributed by atoms with E-state index in [-0.39, 0.29) is 57.1 Å². The molecule has 2 aromatic rings. The fourth-order valence-corrected chi connectivity index (χ4v) is 1.77. The molecule has 0 aliphatic rings. The van der Waals surface area contributed by atoms with Crippen LogP contribution in [0.3, 0.4) is 0 Å². The topological polar surface area (TPSA) is 217 Å². The van der Waals surface area contributed by atoms with Crippen molar-refractivity contribution >= 4 is 78.6 Å². The van der Waals surface area contributed by atoms with Gasteiger partial charge >= 0.3 is 32.3 Å². The zero-order valence-corrected chi connectivity index (χ0v) is 24.4. The first-order valence-corrected chi connectivity index (χ1v) is 10.6. The van der Waals surface area contributed by atoms with E-state index in [4.69, 9.17) is 92.2 Å². The summed E-state index contributed by atoms with van der Waals surface area (Å²) in [5.74, 6) is 0. The summed E-state index contributed by atoms with van der Waals surface area (Å²) in [7, 11) is -10.3. The molecule has 0 amide bonds. The predicted molar refractivity (Wildman–Crippen MR) is 104 cm³/mol. The zero-order valence-electron chi connectivity index (χ0n) is 16.3. The molecule has 2 rings (SSSR count). The number of halogens is 6. The van der Waals surface area contributed by atoms with Crippen molar-refractivity contribution in [1.82, 2.24) is 0 Å². The molecular weight excluding hydrogens is 670 g/mol. The van der Waals surface area contributed by atoms with Crippen molar-refractivity contribution in [1.29, 1.82) is 10.8 Å². The SMILES string of the molecule is N#[N+]c1cc(Cl)ccc1Cl.N#[N+]c1cc(Cl)ccc1Cl.O=S(=O)([O-])[O-].O=S(=O)([O-])[O-].[Cl-].[Cl-].[H+].[Zn+2]. The van der Waals surface area contributed by atoms with Crippen LogP contribution in [0.5, 0.6) is 0 Å². The van der Waals surface area contributed by atoms with Crippen LogP contribution in [0, 0.1) is 10.8 Å². The molecular formula is C12H7Cl6N4O8S2Zn-. The number of hydrogen-bond donors (Lipinski definition) is 0. The molecule has 0 saturated heterocycles. The molecule has 0 saturated carbocycles. The van der Waals surface area contributed by atoms with Gasteiger partial charge in [-0.3, -0.25) is 16.8 Å². The van der Waals surface area contributed by atoms with Crippen LogP contribution in [-0.4, -0.2) is 35.0 Å². The van der Waals surface area contributed by atoms with Gasteiger partial charge in [-0.05, 0) is 24.3 Å². The summed E-state index contributed by atoms with van der Waals surface area (Å²) in [5, 5.41) is 18.4. The normalized spacial score (nSPS) is 8.91. The molecule has 0 aliphatic carbocycles.